The molecule has 5 rings (SSSR count). The molecule has 0 amide bonds. The number of fused-ring (bicyclic) bond motifs is 1. The first-order valence-corrected chi connectivity index (χ1v) is 11.1. The van der Waals surface area contributed by atoms with E-state index in [-0.39, 0.29) is 18.7 Å². The molecule has 5 aromatic rings. The number of halogens is 3. The molecular formula is C24H19F3N8O2. The fraction of sp³-hybridized carbons (Fsp3) is 0.167. The zero-order valence-corrected chi connectivity index (χ0v) is 19.1. The summed E-state index contributed by atoms with van der Waals surface area (Å²) in [5, 5.41) is 16.3. The van der Waals surface area contributed by atoms with Gasteiger partial charge in [0.2, 0.25) is 5.95 Å². The second-order valence-electron chi connectivity index (χ2n) is 7.94. The summed E-state index contributed by atoms with van der Waals surface area (Å²) in [6.07, 6.45) is 1.63. The number of rotatable bonds is 7. The van der Waals surface area contributed by atoms with Crippen LogP contribution in [0.5, 0.6) is 0 Å². The number of hydrogen-bond donors (Lipinski definition) is 2. The minimum atomic E-state index is -4.46. The van der Waals surface area contributed by atoms with Gasteiger partial charge in [-0.2, -0.15) is 18.3 Å². The molecule has 1 aromatic carbocycles. The monoisotopic (exact) mass is 508 g/mol. The summed E-state index contributed by atoms with van der Waals surface area (Å²) in [4.78, 5) is 29.9. The highest BCUT2D eigenvalue weighted by atomic mass is 19.4. The maximum absolute atomic E-state index is 13.0. The van der Waals surface area contributed by atoms with E-state index in [0.29, 0.717) is 46.3 Å². The van der Waals surface area contributed by atoms with Gasteiger partial charge in [0, 0.05) is 43.0 Å². The molecule has 0 fully saturated rings. The first-order chi connectivity index (χ1) is 17.8. The number of anilines is 1. The molecule has 0 saturated heterocycles. The molecule has 4 aromatic heterocycles. The van der Waals surface area contributed by atoms with Crippen LogP contribution in [-0.4, -0.2) is 52.5 Å². The van der Waals surface area contributed by atoms with E-state index >= 15 is 0 Å². The zero-order valence-electron chi connectivity index (χ0n) is 19.1. The topological polar surface area (TPSA) is 124 Å². The predicted molar refractivity (Wildman–Crippen MR) is 128 cm³/mol. The summed E-state index contributed by atoms with van der Waals surface area (Å²) in [5.41, 5.74) is 1.45. The van der Waals surface area contributed by atoms with Crippen molar-refractivity contribution in [3.8, 4) is 16.9 Å². The fourth-order valence-electron chi connectivity index (χ4n) is 3.71. The minimum Gasteiger partial charge on any atom is -0.395 e. The number of hydrogen-bond acceptors (Lipinski definition) is 8. The van der Waals surface area contributed by atoms with Crippen LogP contribution in [0.1, 0.15) is 11.3 Å². The van der Waals surface area contributed by atoms with Crippen LogP contribution in [0.15, 0.2) is 72.0 Å². The quantitative estimate of drug-likeness (QED) is 0.344. The van der Waals surface area contributed by atoms with Crippen LogP contribution in [0.25, 0.3) is 28.1 Å². The number of aliphatic hydroxyl groups is 1. The van der Waals surface area contributed by atoms with Crippen molar-refractivity contribution in [2.24, 2.45) is 0 Å². The highest BCUT2D eigenvalue weighted by molar-refractivity contribution is 5.88. The number of aromatic nitrogens is 7. The van der Waals surface area contributed by atoms with Gasteiger partial charge in [-0.15, -0.1) is 0 Å². The summed E-state index contributed by atoms with van der Waals surface area (Å²) >= 11 is 0. The SMILES string of the molecule is O=c1cc(-c2nn(-c3ccc(C(F)(F)F)cc3)c3nccnc23)ccn1Cc1ccnc(NCCO)n1. The summed E-state index contributed by atoms with van der Waals surface area (Å²) in [6.45, 7) is 0.423. The summed E-state index contributed by atoms with van der Waals surface area (Å²) in [6, 6.07) is 9.32. The van der Waals surface area contributed by atoms with Gasteiger partial charge in [0.1, 0.15) is 11.2 Å². The van der Waals surface area contributed by atoms with Gasteiger partial charge in [-0.3, -0.25) is 4.79 Å². The molecule has 10 nitrogen and oxygen atoms in total. The van der Waals surface area contributed by atoms with Gasteiger partial charge in [-0.1, -0.05) is 0 Å². The molecule has 0 spiro atoms. The van der Waals surface area contributed by atoms with Crippen molar-refractivity contribution in [3.05, 3.63) is 88.9 Å². The molecule has 0 atom stereocenters. The Labute approximate surface area is 207 Å². The first-order valence-electron chi connectivity index (χ1n) is 11.1. The van der Waals surface area contributed by atoms with Crippen LogP contribution in [0, 0.1) is 0 Å². The van der Waals surface area contributed by atoms with E-state index in [4.69, 9.17) is 5.11 Å². The van der Waals surface area contributed by atoms with Crippen LogP contribution in [-0.2, 0) is 12.7 Å². The van der Waals surface area contributed by atoms with E-state index in [1.165, 1.54) is 39.8 Å². The number of nitrogens with one attached hydrogen (secondary N) is 1. The Morgan fingerprint density at radius 3 is 2.49 bits per heavy atom. The molecule has 0 unspecified atom stereocenters. The van der Waals surface area contributed by atoms with Crippen LogP contribution in [0.2, 0.25) is 0 Å². The van der Waals surface area contributed by atoms with E-state index < -0.39 is 11.7 Å². The average molecular weight is 508 g/mol. The van der Waals surface area contributed by atoms with Crippen LogP contribution in [0.4, 0.5) is 19.1 Å². The Kier molecular flexibility index (Phi) is 6.36. The summed E-state index contributed by atoms with van der Waals surface area (Å²) < 4.78 is 41.8. The highest BCUT2D eigenvalue weighted by Gasteiger charge is 2.30. The fourth-order valence-corrected chi connectivity index (χ4v) is 3.71. The second-order valence-corrected chi connectivity index (χ2v) is 7.94. The molecule has 37 heavy (non-hydrogen) atoms. The van der Waals surface area contributed by atoms with Crippen molar-refractivity contribution in [3.63, 3.8) is 0 Å². The van der Waals surface area contributed by atoms with Gasteiger partial charge >= 0.3 is 6.18 Å². The van der Waals surface area contributed by atoms with E-state index in [2.05, 4.69) is 30.4 Å². The maximum atomic E-state index is 13.0. The molecule has 188 valence electrons. The van der Waals surface area contributed by atoms with Crippen molar-refractivity contribution < 1.29 is 18.3 Å². The molecule has 0 aliphatic rings. The minimum absolute atomic E-state index is 0.0673. The molecule has 4 heterocycles. The Morgan fingerprint density at radius 2 is 1.76 bits per heavy atom. The first kappa shape index (κ1) is 24.1. The van der Waals surface area contributed by atoms with Gasteiger partial charge in [0.15, 0.2) is 5.65 Å². The maximum Gasteiger partial charge on any atom is 0.416 e. The normalized spacial score (nSPS) is 11.7. The summed E-state index contributed by atoms with van der Waals surface area (Å²) in [5.74, 6) is 0.343. The van der Waals surface area contributed by atoms with Gasteiger partial charge in [-0.05, 0) is 36.4 Å². The lowest BCUT2D eigenvalue weighted by Crippen LogP contribution is -2.20. The average Bonchev–Trinajstić information content (AvgIpc) is 3.28. The largest absolute Gasteiger partial charge is 0.416 e. The third kappa shape index (κ3) is 5.02. The lowest BCUT2D eigenvalue weighted by Gasteiger charge is -2.08. The molecule has 0 radical (unpaired) electrons. The number of pyridine rings is 1. The number of nitrogens with zero attached hydrogens (tertiary/aromatic N) is 7. The van der Waals surface area contributed by atoms with Gasteiger partial charge in [-0.25, -0.2) is 24.6 Å². The Morgan fingerprint density at radius 1 is 0.973 bits per heavy atom. The van der Waals surface area contributed by atoms with Gasteiger partial charge in [0.25, 0.3) is 5.56 Å². The third-order valence-electron chi connectivity index (χ3n) is 5.45. The van der Waals surface area contributed by atoms with Gasteiger partial charge < -0.3 is 15.0 Å². The number of alkyl halides is 3. The van der Waals surface area contributed by atoms with Crippen molar-refractivity contribution in [2.75, 3.05) is 18.5 Å². The van der Waals surface area contributed by atoms with Crippen molar-refractivity contribution >= 4 is 17.1 Å². The van der Waals surface area contributed by atoms with E-state index in [0.717, 1.165) is 12.1 Å². The Balaban J connectivity index is 1.48. The third-order valence-corrected chi connectivity index (χ3v) is 5.45. The van der Waals surface area contributed by atoms with Crippen LogP contribution >= 0.6 is 0 Å². The van der Waals surface area contributed by atoms with Crippen molar-refractivity contribution in [1.29, 1.82) is 0 Å². The van der Waals surface area contributed by atoms with Gasteiger partial charge in [0.05, 0.1) is 30.1 Å². The molecule has 2 N–H and O–H groups in total. The molecule has 0 aliphatic carbocycles. The van der Waals surface area contributed by atoms with E-state index in [1.54, 1.807) is 24.5 Å². The Bertz CT molecular complexity index is 1610. The summed E-state index contributed by atoms with van der Waals surface area (Å²) in [7, 11) is 0. The smallest absolute Gasteiger partial charge is 0.395 e. The Hall–Kier alpha value is -4.65. The zero-order chi connectivity index (χ0) is 26.0. The van der Waals surface area contributed by atoms with Crippen LogP contribution < -0.4 is 10.9 Å². The van der Waals surface area contributed by atoms with Crippen LogP contribution in [0.3, 0.4) is 0 Å². The van der Waals surface area contributed by atoms with E-state index in [9.17, 15) is 18.0 Å². The molecular weight excluding hydrogens is 489 g/mol. The number of aliphatic hydroxyl groups excluding tert-OH is 1. The van der Waals surface area contributed by atoms with Crippen molar-refractivity contribution in [1.82, 2.24) is 34.3 Å². The number of benzene rings is 1. The second kappa shape index (κ2) is 9.78. The standard InChI is InChI=1S/C24H19F3N8O2/c25-24(26,27)16-1-3-18(4-2-16)35-22-21(28-8-9-29-22)20(33-35)15-6-11-34(19(37)13-15)14-17-5-7-30-23(32-17)31-10-12-36/h1-9,11,13,36H,10,12,14H2,(H,30,31,32). The molecule has 0 aliphatic heterocycles. The lowest BCUT2D eigenvalue weighted by atomic mass is 10.2. The molecule has 0 saturated carbocycles. The van der Waals surface area contributed by atoms with E-state index in [1.807, 2.05) is 0 Å². The van der Waals surface area contributed by atoms with Crippen molar-refractivity contribution in [2.45, 2.75) is 12.7 Å². The highest BCUT2D eigenvalue weighted by Crippen LogP contribution is 2.31. The molecule has 13 heteroatoms. The molecule has 0 bridgehead atoms. The predicted octanol–water partition coefficient (Wildman–Crippen LogP) is 2.91. The lowest BCUT2D eigenvalue weighted by molar-refractivity contribution is -0.137.